The van der Waals surface area contributed by atoms with E-state index in [1.807, 2.05) is 24.3 Å². The number of rotatable bonds is 8. The van der Waals surface area contributed by atoms with E-state index in [2.05, 4.69) is 15.6 Å². The van der Waals surface area contributed by atoms with Gasteiger partial charge in [0.25, 0.3) is 0 Å². The highest BCUT2D eigenvalue weighted by atomic mass is 19.4. The summed E-state index contributed by atoms with van der Waals surface area (Å²) < 4.78 is 48.8. The van der Waals surface area contributed by atoms with Gasteiger partial charge in [0, 0.05) is 27.2 Å². The van der Waals surface area contributed by atoms with Gasteiger partial charge in [0.2, 0.25) is 0 Å². The van der Waals surface area contributed by atoms with E-state index in [0.29, 0.717) is 31.3 Å². The zero-order valence-electron chi connectivity index (χ0n) is 15.8. The third-order valence-corrected chi connectivity index (χ3v) is 3.88. The lowest BCUT2D eigenvalue weighted by molar-refractivity contribution is -0.137. The molecular weight excluding hydrogens is 371 g/mol. The molecule has 0 amide bonds. The van der Waals surface area contributed by atoms with E-state index in [4.69, 9.17) is 9.47 Å². The maximum Gasteiger partial charge on any atom is 0.416 e. The highest BCUT2D eigenvalue weighted by Gasteiger charge is 2.30. The SMILES string of the molecule is CN=C(NCc1ccc(OCCOC)cc1)NCc1cccc(C(F)(F)F)c1. The van der Waals surface area contributed by atoms with Gasteiger partial charge in [-0.1, -0.05) is 24.3 Å². The van der Waals surface area contributed by atoms with Gasteiger partial charge in [-0.15, -0.1) is 0 Å². The maximum atomic E-state index is 12.8. The van der Waals surface area contributed by atoms with Crippen molar-refractivity contribution in [2.45, 2.75) is 19.3 Å². The van der Waals surface area contributed by atoms with Crippen molar-refractivity contribution in [3.63, 3.8) is 0 Å². The lowest BCUT2D eigenvalue weighted by Gasteiger charge is -2.13. The fourth-order valence-corrected chi connectivity index (χ4v) is 2.40. The first-order chi connectivity index (χ1) is 13.4. The Morgan fingerprint density at radius 1 is 0.964 bits per heavy atom. The van der Waals surface area contributed by atoms with E-state index in [9.17, 15) is 13.2 Å². The zero-order chi connectivity index (χ0) is 20.4. The van der Waals surface area contributed by atoms with Crippen molar-refractivity contribution in [1.29, 1.82) is 0 Å². The van der Waals surface area contributed by atoms with E-state index >= 15 is 0 Å². The number of hydrogen-bond acceptors (Lipinski definition) is 3. The molecule has 2 aromatic rings. The van der Waals surface area contributed by atoms with Crippen LogP contribution < -0.4 is 15.4 Å². The molecule has 0 heterocycles. The minimum Gasteiger partial charge on any atom is -0.491 e. The Kier molecular flexibility index (Phi) is 8.13. The maximum absolute atomic E-state index is 12.8. The molecule has 152 valence electrons. The second-order valence-electron chi connectivity index (χ2n) is 5.96. The normalized spacial score (nSPS) is 12.0. The van der Waals surface area contributed by atoms with Gasteiger partial charge in [0.15, 0.2) is 5.96 Å². The minimum atomic E-state index is -4.35. The fraction of sp³-hybridized carbons (Fsp3) is 0.350. The molecule has 0 aliphatic carbocycles. The van der Waals surface area contributed by atoms with E-state index < -0.39 is 11.7 Å². The van der Waals surface area contributed by atoms with Gasteiger partial charge in [-0.2, -0.15) is 13.2 Å². The quantitative estimate of drug-likeness (QED) is 0.407. The third kappa shape index (κ3) is 7.11. The highest BCUT2D eigenvalue weighted by Crippen LogP contribution is 2.29. The Balaban J connectivity index is 1.83. The van der Waals surface area contributed by atoms with Crippen molar-refractivity contribution in [2.75, 3.05) is 27.4 Å². The Labute approximate surface area is 162 Å². The third-order valence-electron chi connectivity index (χ3n) is 3.88. The van der Waals surface area contributed by atoms with Gasteiger partial charge in [0.05, 0.1) is 12.2 Å². The predicted octanol–water partition coefficient (Wildman–Crippen LogP) is 3.60. The van der Waals surface area contributed by atoms with Crippen LogP contribution in [0, 0.1) is 0 Å². The predicted molar refractivity (Wildman–Crippen MR) is 102 cm³/mol. The number of alkyl halides is 3. The Morgan fingerprint density at radius 2 is 1.64 bits per heavy atom. The van der Waals surface area contributed by atoms with Crippen LogP contribution in [0.1, 0.15) is 16.7 Å². The van der Waals surface area contributed by atoms with Crippen molar-refractivity contribution in [3.05, 3.63) is 65.2 Å². The number of ether oxygens (including phenoxy) is 2. The molecule has 0 bridgehead atoms. The van der Waals surface area contributed by atoms with Gasteiger partial charge in [-0.05, 0) is 35.4 Å². The molecule has 0 aliphatic rings. The van der Waals surface area contributed by atoms with Crippen molar-refractivity contribution < 1.29 is 22.6 Å². The van der Waals surface area contributed by atoms with Crippen LogP contribution in [0.2, 0.25) is 0 Å². The van der Waals surface area contributed by atoms with Gasteiger partial charge in [-0.25, -0.2) is 0 Å². The summed E-state index contributed by atoms with van der Waals surface area (Å²) in [5, 5.41) is 6.14. The van der Waals surface area contributed by atoms with E-state index in [0.717, 1.165) is 23.4 Å². The lowest BCUT2D eigenvalue weighted by Crippen LogP contribution is -2.36. The average molecular weight is 395 g/mol. The second kappa shape index (κ2) is 10.6. The summed E-state index contributed by atoms with van der Waals surface area (Å²) in [6, 6.07) is 12.8. The molecular formula is C20H24F3N3O2. The van der Waals surface area contributed by atoms with Gasteiger partial charge in [0.1, 0.15) is 12.4 Å². The number of benzene rings is 2. The first-order valence-electron chi connectivity index (χ1n) is 8.73. The number of nitrogens with zero attached hydrogens (tertiary/aromatic N) is 1. The second-order valence-corrected chi connectivity index (χ2v) is 5.96. The summed E-state index contributed by atoms with van der Waals surface area (Å²) in [5.74, 6) is 1.26. The first kappa shape index (κ1) is 21.6. The van der Waals surface area contributed by atoms with Gasteiger partial charge in [-0.3, -0.25) is 4.99 Å². The van der Waals surface area contributed by atoms with Crippen molar-refractivity contribution in [1.82, 2.24) is 10.6 Å². The summed E-state index contributed by atoms with van der Waals surface area (Å²) in [6.07, 6.45) is -4.35. The number of aliphatic imine (C=N–C) groups is 1. The Bertz CT molecular complexity index is 762. The van der Waals surface area contributed by atoms with Crippen LogP contribution >= 0.6 is 0 Å². The molecule has 0 spiro atoms. The molecule has 2 aromatic carbocycles. The summed E-state index contributed by atoms with van der Waals surface area (Å²) in [7, 11) is 3.22. The molecule has 2 rings (SSSR count). The largest absolute Gasteiger partial charge is 0.491 e. The molecule has 5 nitrogen and oxygen atoms in total. The topological polar surface area (TPSA) is 54.9 Å². The van der Waals surface area contributed by atoms with Crippen LogP contribution in [0.5, 0.6) is 5.75 Å². The van der Waals surface area contributed by atoms with Crippen molar-refractivity contribution in [2.24, 2.45) is 4.99 Å². The Hall–Kier alpha value is -2.74. The van der Waals surface area contributed by atoms with E-state index in [1.54, 1.807) is 20.2 Å². The van der Waals surface area contributed by atoms with E-state index in [-0.39, 0.29) is 6.54 Å². The lowest BCUT2D eigenvalue weighted by atomic mass is 10.1. The van der Waals surface area contributed by atoms with Crippen LogP contribution in [0.15, 0.2) is 53.5 Å². The first-order valence-corrected chi connectivity index (χ1v) is 8.73. The van der Waals surface area contributed by atoms with E-state index in [1.165, 1.54) is 6.07 Å². The molecule has 0 aromatic heterocycles. The van der Waals surface area contributed by atoms with Crippen LogP contribution in [0.3, 0.4) is 0 Å². The number of hydrogen-bond donors (Lipinski definition) is 2. The Morgan fingerprint density at radius 3 is 2.25 bits per heavy atom. The van der Waals surface area contributed by atoms with Crippen molar-refractivity contribution in [3.8, 4) is 5.75 Å². The van der Waals surface area contributed by atoms with Gasteiger partial charge >= 0.3 is 6.18 Å². The fourth-order valence-electron chi connectivity index (χ4n) is 2.40. The van der Waals surface area contributed by atoms with Crippen LogP contribution in [-0.2, 0) is 24.0 Å². The highest BCUT2D eigenvalue weighted by molar-refractivity contribution is 5.79. The molecule has 0 radical (unpaired) electrons. The van der Waals surface area contributed by atoms with Gasteiger partial charge < -0.3 is 20.1 Å². The summed E-state index contributed by atoms with van der Waals surface area (Å²) >= 11 is 0. The molecule has 0 atom stereocenters. The van der Waals surface area contributed by atoms with Crippen LogP contribution in [-0.4, -0.2) is 33.3 Å². The summed E-state index contributed by atoms with van der Waals surface area (Å²) in [6.45, 7) is 1.76. The monoisotopic (exact) mass is 395 g/mol. The molecule has 0 aliphatic heterocycles. The van der Waals surface area contributed by atoms with Crippen LogP contribution in [0.4, 0.5) is 13.2 Å². The minimum absolute atomic E-state index is 0.232. The number of halogens is 3. The average Bonchev–Trinajstić information content (AvgIpc) is 2.69. The standard InChI is InChI=1S/C20H24F3N3O2/c1-24-19(26-14-16-4-3-5-17(12-16)20(21,22)23)25-13-15-6-8-18(9-7-15)28-11-10-27-2/h3-9,12H,10-11,13-14H2,1-2H3,(H2,24,25,26). The number of nitrogens with one attached hydrogen (secondary N) is 2. The molecule has 0 saturated carbocycles. The number of methoxy groups -OCH3 is 1. The molecule has 0 fully saturated rings. The molecule has 8 heteroatoms. The smallest absolute Gasteiger partial charge is 0.416 e. The number of guanidine groups is 1. The summed E-state index contributed by atoms with van der Waals surface area (Å²) in [5.41, 5.74) is 0.874. The molecule has 28 heavy (non-hydrogen) atoms. The van der Waals surface area contributed by atoms with Crippen LogP contribution in [0.25, 0.3) is 0 Å². The zero-order valence-corrected chi connectivity index (χ0v) is 15.8. The van der Waals surface area contributed by atoms with Crippen molar-refractivity contribution >= 4 is 5.96 Å². The molecule has 0 saturated heterocycles. The molecule has 0 unspecified atom stereocenters. The molecule has 2 N–H and O–H groups in total. The summed E-state index contributed by atoms with van der Waals surface area (Å²) in [4.78, 5) is 4.09.